The van der Waals surface area contributed by atoms with Crippen LogP contribution in [0.1, 0.15) is 56.9 Å². The van der Waals surface area contributed by atoms with E-state index in [9.17, 15) is 18.0 Å². The lowest BCUT2D eigenvalue weighted by Crippen LogP contribution is -2.67. The van der Waals surface area contributed by atoms with Gasteiger partial charge in [0.25, 0.3) is 0 Å². The molecule has 9 heteroatoms. The molecule has 0 spiro atoms. The minimum absolute atomic E-state index is 0.0622. The van der Waals surface area contributed by atoms with Gasteiger partial charge in [0.1, 0.15) is 5.82 Å². The van der Waals surface area contributed by atoms with E-state index in [4.69, 9.17) is 5.73 Å². The Morgan fingerprint density at radius 1 is 1.19 bits per heavy atom. The quantitative estimate of drug-likeness (QED) is 0.659. The van der Waals surface area contributed by atoms with Gasteiger partial charge in [-0.2, -0.15) is 13.2 Å². The number of hydrogen-bond donors (Lipinski definition) is 3. The zero-order chi connectivity index (χ0) is 21.9. The zero-order valence-electron chi connectivity index (χ0n) is 17.5. The molecule has 1 aromatic rings. The van der Waals surface area contributed by atoms with Crippen molar-refractivity contribution in [3.05, 3.63) is 23.9 Å². The number of halogens is 3. The Hall–Kier alpha value is -1.87. The number of likely N-dealkylation sites (tertiary alicyclic amines) is 1. The molecule has 31 heavy (non-hydrogen) atoms. The summed E-state index contributed by atoms with van der Waals surface area (Å²) in [6, 6.07) is 2.52. The Kier molecular flexibility index (Phi) is 4.97. The minimum atomic E-state index is -4.38. The van der Waals surface area contributed by atoms with Crippen LogP contribution < -0.4 is 16.4 Å². The van der Waals surface area contributed by atoms with Crippen LogP contribution in [0, 0.1) is 11.8 Å². The molecule has 6 rings (SSSR count). The van der Waals surface area contributed by atoms with E-state index >= 15 is 0 Å². The molecule has 4 N–H and O–H groups in total. The third kappa shape index (κ3) is 4.02. The molecule has 4 aliphatic carbocycles. The van der Waals surface area contributed by atoms with Crippen molar-refractivity contribution in [1.82, 2.24) is 15.2 Å². The highest BCUT2D eigenvalue weighted by Gasteiger charge is 2.58. The number of nitrogens with one attached hydrogen (secondary N) is 2. The fraction of sp³-hybridized carbons (Fsp3) is 0.727. The Labute approximate surface area is 180 Å². The fourth-order valence-electron chi connectivity index (χ4n) is 6.99. The van der Waals surface area contributed by atoms with Gasteiger partial charge in [0.2, 0.25) is 5.91 Å². The van der Waals surface area contributed by atoms with Crippen molar-refractivity contribution in [2.45, 2.75) is 74.8 Å². The highest BCUT2D eigenvalue weighted by atomic mass is 19.4. The Morgan fingerprint density at radius 2 is 1.90 bits per heavy atom. The molecule has 6 nitrogen and oxygen atoms in total. The normalized spacial score (nSPS) is 36.8. The number of amides is 1. The van der Waals surface area contributed by atoms with Gasteiger partial charge in [-0.1, -0.05) is 0 Å². The number of hydrogen-bond acceptors (Lipinski definition) is 5. The number of alkyl halides is 3. The van der Waals surface area contributed by atoms with Crippen LogP contribution in [0.25, 0.3) is 0 Å². The molecule has 170 valence electrons. The summed E-state index contributed by atoms with van der Waals surface area (Å²) in [7, 11) is 0. The molecule has 4 bridgehead atoms. The number of rotatable bonds is 5. The number of anilines is 1. The van der Waals surface area contributed by atoms with Crippen LogP contribution in [0.5, 0.6) is 0 Å². The van der Waals surface area contributed by atoms with Crippen molar-refractivity contribution < 1.29 is 18.0 Å². The fourth-order valence-corrected chi connectivity index (χ4v) is 6.99. The van der Waals surface area contributed by atoms with Gasteiger partial charge in [-0.3, -0.25) is 4.79 Å². The number of nitrogens with zero attached hydrogens (tertiary/aromatic N) is 2. The van der Waals surface area contributed by atoms with E-state index in [1.807, 2.05) is 0 Å². The first-order valence-electron chi connectivity index (χ1n) is 11.3. The summed E-state index contributed by atoms with van der Waals surface area (Å²) in [5, 5.41) is 7.11. The van der Waals surface area contributed by atoms with Gasteiger partial charge in [0.15, 0.2) is 0 Å². The van der Waals surface area contributed by atoms with Crippen molar-refractivity contribution in [1.29, 1.82) is 0 Å². The summed E-state index contributed by atoms with van der Waals surface area (Å²) in [6.45, 7) is 1.02. The maximum absolute atomic E-state index is 12.9. The van der Waals surface area contributed by atoms with Gasteiger partial charge in [0, 0.05) is 23.8 Å². The summed E-state index contributed by atoms with van der Waals surface area (Å²) >= 11 is 0. The van der Waals surface area contributed by atoms with E-state index in [1.165, 1.54) is 12.5 Å². The van der Waals surface area contributed by atoms with Crippen molar-refractivity contribution in [2.75, 3.05) is 18.4 Å². The molecule has 2 heterocycles. The van der Waals surface area contributed by atoms with E-state index in [0.717, 1.165) is 63.8 Å². The largest absolute Gasteiger partial charge is 0.417 e. The van der Waals surface area contributed by atoms with Crippen molar-refractivity contribution in [3.8, 4) is 0 Å². The summed E-state index contributed by atoms with van der Waals surface area (Å²) in [5.74, 6) is 1.66. The lowest BCUT2D eigenvalue weighted by atomic mass is 9.50. The zero-order valence-corrected chi connectivity index (χ0v) is 17.5. The molecule has 1 amide bonds. The molecule has 1 aliphatic heterocycles. The van der Waals surface area contributed by atoms with Gasteiger partial charge in [0.05, 0.1) is 18.3 Å². The molecule has 3 atom stereocenters. The summed E-state index contributed by atoms with van der Waals surface area (Å²) in [5.41, 5.74) is 5.02. The average Bonchev–Trinajstić information content (AvgIpc) is 3.10. The number of carbonyl (C=O) groups excluding carboxylic acids is 1. The highest BCUT2D eigenvalue weighted by Crippen LogP contribution is 2.58. The molecule has 1 saturated heterocycles. The van der Waals surface area contributed by atoms with Crippen LogP contribution in [-0.4, -0.2) is 46.1 Å². The van der Waals surface area contributed by atoms with Gasteiger partial charge < -0.3 is 21.3 Å². The first kappa shape index (κ1) is 21.0. The predicted octanol–water partition coefficient (Wildman–Crippen LogP) is 3.10. The van der Waals surface area contributed by atoms with Crippen LogP contribution in [0.4, 0.5) is 19.0 Å². The number of carbonyl (C=O) groups is 1. The van der Waals surface area contributed by atoms with Crippen LogP contribution in [-0.2, 0) is 11.0 Å². The molecular formula is C22H30F3N5O. The van der Waals surface area contributed by atoms with E-state index in [2.05, 4.69) is 15.6 Å². The van der Waals surface area contributed by atoms with E-state index < -0.39 is 11.7 Å². The maximum atomic E-state index is 12.9. The van der Waals surface area contributed by atoms with Crippen LogP contribution in [0.15, 0.2) is 18.3 Å². The molecule has 5 aliphatic rings. The standard InChI is InChI=1S/C22H30F3N5O/c23-22(24,25)16-3-4-18(27-11-16)29-21-9-14-6-15(10-21)8-20(7-14,13-21)28-12-19(31)30-5-1-2-17(30)26/h3-4,11,14-15,17,28H,1-2,5-10,12-13,26H2,(H,27,29). The van der Waals surface area contributed by atoms with Crippen molar-refractivity contribution >= 4 is 11.7 Å². The second-order valence-corrected chi connectivity index (χ2v) is 10.2. The van der Waals surface area contributed by atoms with Crippen LogP contribution in [0.3, 0.4) is 0 Å². The number of pyridine rings is 1. The summed E-state index contributed by atoms with van der Waals surface area (Å²) < 4.78 is 38.6. The first-order chi connectivity index (χ1) is 14.7. The van der Waals surface area contributed by atoms with Crippen molar-refractivity contribution in [3.63, 3.8) is 0 Å². The molecule has 0 aromatic carbocycles. The second-order valence-electron chi connectivity index (χ2n) is 10.2. The van der Waals surface area contributed by atoms with Crippen LogP contribution >= 0.6 is 0 Å². The topological polar surface area (TPSA) is 83.3 Å². The SMILES string of the molecule is NC1CCCN1C(=O)CNC12CC3CC(C1)CC(Nc1ccc(C(F)(F)F)cn1)(C3)C2. The molecule has 4 saturated carbocycles. The Balaban J connectivity index is 1.29. The van der Waals surface area contributed by atoms with E-state index in [0.29, 0.717) is 24.2 Å². The van der Waals surface area contributed by atoms with E-state index in [-0.39, 0.29) is 23.2 Å². The van der Waals surface area contributed by atoms with Gasteiger partial charge >= 0.3 is 6.18 Å². The molecule has 1 aromatic heterocycles. The first-order valence-corrected chi connectivity index (χ1v) is 11.3. The van der Waals surface area contributed by atoms with E-state index in [1.54, 1.807) is 4.90 Å². The number of aromatic nitrogens is 1. The summed E-state index contributed by atoms with van der Waals surface area (Å²) in [4.78, 5) is 18.5. The Morgan fingerprint density at radius 3 is 2.48 bits per heavy atom. The third-order valence-corrected chi connectivity index (χ3v) is 7.78. The molecule has 0 radical (unpaired) electrons. The molecular weight excluding hydrogens is 407 g/mol. The smallest absolute Gasteiger partial charge is 0.365 e. The number of nitrogens with two attached hydrogens (primary N) is 1. The lowest BCUT2D eigenvalue weighted by molar-refractivity contribution is -0.137. The molecule has 5 fully saturated rings. The van der Waals surface area contributed by atoms with Gasteiger partial charge in [-0.25, -0.2) is 4.98 Å². The van der Waals surface area contributed by atoms with Gasteiger partial charge in [-0.05, 0) is 75.3 Å². The average molecular weight is 438 g/mol. The minimum Gasteiger partial charge on any atom is -0.365 e. The third-order valence-electron chi connectivity index (χ3n) is 7.78. The maximum Gasteiger partial charge on any atom is 0.417 e. The monoisotopic (exact) mass is 437 g/mol. The predicted molar refractivity (Wildman–Crippen MR) is 110 cm³/mol. The van der Waals surface area contributed by atoms with Crippen LogP contribution in [0.2, 0.25) is 0 Å². The lowest BCUT2D eigenvalue weighted by Gasteiger charge is -2.62. The second kappa shape index (κ2) is 7.33. The van der Waals surface area contributed by atoms with Crippen molar-refractivity contribution in [2.24, 2.45) is 17.6 Å². The highest BCUT2D eigenvalue weighted by molar-refractivity contribution is 5.79. The summed E-state index contributed by atoms with van der Waals surface area (Å²) in [6.07, 6.45) is 4.29. The molecule has 3 unspecified atom stereocenters. The van der Waals surface area contributed by atoms with Gasteiger partial charge in [-0.15, -0.1) is 0 Å². The Bertz CT molecular complexity index is 829.